The predicted molar refractivity (Wildman–Crippen MR) is 60.6 cm³/mol. The maximum atomic E-state index is 10.7. The minimum atomic E-state index is -0.453. The van der Waals surface area contributed by atoms with E-state index >= 15 is 0 Å². The van der Waals surface area contributed by atoms with Crippen molar-refractivity contribution in [3.63, 3.8) is 0 Å². The summed E-state index contributed by atoms with van der Waals surface area (Å²) in [5.41, 5.74) is 13.5. The summed E-state index contributed by atoms with van der Waals surface area (Å²) in [5.74, 6) is -0.453. The van der Waals surface area contributed by atoms with Crippen molar-refractivity contribution >= 4 is 5.91 Å². The van der Waals surface area contributed by atoms with Gasteiger partial charge in [0.15, 0.2) is 0 Å². The first-order valence-corrected chi connectivity index (χ1v) is 5.42. The number of fused-ring (bicyclic) bond motifs is 1. The Morgan fingerprint density at radius 3 is 2.94 bits per heavy atom. The monoisotopic (exact) mass is 220 g/mol. The molecule has 0 spiro atoms. The number of carbonyl (C=O) groups excluding carboxylic acids is 1. The molecule has 2 rings (SSSR count). The predicted octanol–water partition coefficient (Wildman–Crippen LogP) is 0.503. The molecule has 1 aliphatic rings. The second-order valence-corrected chi connectivity index (χ2v) is 4.08. The number of rotatable bonds is 3. The minimum Gasteiger partial charge on any atom is -0.368 e. The first kappa shape index (κ1) is 11.1. The summed E-state index contributed by atoms with van der Waals surface area (Å²) in [6, 6.07) is 7.91. The van der Waals surface area contributed by atoms with Gasteiger partial charge in [0, 0.05) is 0 Å². The second kappa shape index (κ2) is 4.63. The fraction of sp³-hybridized carbons (Fsp3) is 0.417. The van der Waals surface area contributed by atoms with Gasteiger partial charge in [-0.25, -0.2) is 0 Å². The highest BCUT2D eigenvalue weighted by Crippen LogP contribution is 2.29. The molecule has 2 atom stereocenters. The van der Waals surface area contributed by atoms with Crippen LogP contribution in [0.5, 0.6) is 0 Å². The lowest BCUT2D eigenvalue weighted by Crippen LogP contribution is -2.36. The van der Waals surface area contributed by atoms with Crippen molar-refractivity contribution in [2.24, 2.45) is 11.5 Å². The quantitative estimate of drug-likeness (QED) is 0.778. The van der Waals surface area contributed by atoms with Crippen molar-refractivity contribution in [2.75, 3.05) is 6.61 Å². The zero-order valence-electron chi connectivity index (χ0n) is 9.06. The molecule has 0 fully saturated rings. The number of carbonyl (C=O) groups is 1. The topological polar surface area (TPSA) is 78.3 Å². The van der Waals surface area contributed by atoms with Gasteiger partial charge in [-0.15, -0.1) is 0 Å². The minimum absolute atomic E-state index is 0.0550. The van der Waals surface area contributed by atoms with E-state index in [1.165, 1.54) is 5.56 Å². The van der Waals surface area contributed by atoms with Crippen LogP contribution >= 0.6 is 0 Å². The highest BCUT2D eigenvalue weighted by molar-refractivity contribution is 5.75. The van der Waals surface area contributed by atoms with Gasteiger partial charge in [0.2, 0.25) is 5.91 Å². The summed E-state index contributed by atoms with van der Waals surface area (Å²) >= 11 is 0. The van der Waals surface area contributed by atoms with Gasteiger partial charge < -0.3 is 16.2 Å². The summed E-state index contributed by atoms with van der Waals surface area (Å²) in [6.45, 7) is -0.0550. The first-order valence-electron chi connectivity index (χ1n) is 5.42. The maximum absolute atomic E-state index is 10.7. The van der Waals surface area contributed by atoms with Crippen molar-refractivity contribution in [1.82, 2.24) is 0 Å². The average Bonchev–Trinajstić information content (AvgIpc) is 2.28. The highest BCUT2D eigenvalue weighted by Gasteiger charge is 2.27. The number of hydrogen-bond acceptors (Lipinski definition) is 3. The molecule has 0 aromatic heterocycles. The zero-order chi connectivity index (χ0) is 11.5. The van der Waals surface area contributed by atoms with Gasteiger partial charge in [-0.05, 0) is 24.0 Å². The van der Waals surface area contributed by atoms with Crippen LogP contribution in [0.1, 0.15) is 23.6 Å². The van der Waals surface area contributed by atoms with E-state index in [1.807, 2.05) is 18.2 Å². The van der Waals surface area contributed by atoms with E-state index < -0.39 is 5.91 Å². The van der Waals surface area contributed by atoms with Gasteiger partial charge in [-0.3, -0.25) is 4.79 Å². The molecule has 1 aliphatic carbocycles. The van der Waals surface area contributed by atoms with E-state index in [-0.39, 0.29) is 18.8 Å². The fourth-order valence-electron chi connectivity index (χ4n) is 2.14. The lowest BCUT2D eigenvalue weighted by atomic mass is 9.86. The molecule has 0 bridgehead atoms. The SMILES string of the molecule is NC(=O)COC1CCc2ccccc2C1N. The van der Waals surface area contributed by atoms with Crippen LogP contribution in [-0.4, -0.2) is 18.6 Å². The zero-order valence-corrected chi connectivity index (χ0v) is 9.06. The van der Waals surface area contributed by atoms with Crippen LogP contribution in [0, 0.1) is 0 Å². The molecule has 0 radical (unpaired) electrons. The van der Waals surface area contributed by atoms with Crippen LogP contribution in [0.3, 0.4) is 0 Å². The smallest absolute Gasteiger partial charge is 0.243 e. The number of nitrogens with two attached hydrogens (primary N) is 2. The molecule has 4 heteroatoms. The van der Waals surface area contributed by atoms with Gasteiger partial charge in [-0.2, -0.15) is 0 Å². The fourth-order valence-corrected chi connectivity index (χ4v) is 2.14. The Hall–Kier alpha value is -1.39. The van der Waals surface area contributed by atoms with E-state index in [0.717, 1.165) is 18.4 Å². The maximum Gasteiger partial charge on any atom is 0.243 e. The number of benzene rings is 1. The summed E-state index contributed by atoms with van der Waals surface area (Å²) in [6.07, 6.45) is 1.67. The van der Waals surface area contributed by atoms with Crippen LogP contribution in [-0.2, 0) is 16.0 Å². The second-order valence-electron chi connectivity index (χ2n) is 4.08. The molecule has 1 aromatic carbocycles. The molecule has 86 valence electrons. The van der Waals surface area contributed by atoms with Crippen LogP contribution < -0.4 is 11.5 Å². The Kier molecular flexibility index (Phi) is 3.22. The molecule has 16 heavy (non-hydrogen) atoms. The molecule has 2 unspecified atom stereocenters. The molecule has 1 aromatic rings. The third-order valence-corrected chi connectivity index (χ3v) is 2.95. The van der Waals surface area contributed by atoms with Gasteiger partial charge in [-0.1, -0.05) is 24.3 Å². The van der Waals surface area contributed by atoms with Crippen molar-refractivity contribution < 1.29 is 9.53 Å². The molecule has 4 nitrogen and oxygen atoms in total. The van der Waals surface area contributed by atoms with E-state index in [0.29, 0.717) is 0 Å². The average molecular weight is 220 g/mol. The number of amides is 1. The number of aryl methyl sites for hydroxylation is 1. The number of primary amides is 1. The molecule has 0 heterocycles. The Bertz CT molecular complexity index is 392. The molecule has 0 saturated carbocycles. The van der Waals surface area contributed by atoms with Crippen LogP contribution in [0.2, 0.25) is 0 Å². The third kappa shape index (κ3) is 2.23. The standard InChI is InChI=1S/C12H16N2O2/c13-11(15)7-16-10-6-5-8-3-1-2-4-9(8)12(10)14/h1-4,10,12H,5-7,14H2,(H2,13,15). The molecule has 1 amide bonds. The van der Waals surface area contributed by atoms with Gasteiger partial charge in [0.25, 0.3) is 0 Å². The summed E-state index contributed by atoms with van der Waals surface area (Å²) in [5, 5.41) is 0. The Morgan fingerprint density at radius 1 is 1.44 bits per heavy atom. The highest BCUT2D eigenvalue weighted by atomic mass is 16.5. The van der Waals surface area contributed by atoms with E-state index in [1.54, 1.807) is 0 Å². The molecular weight excluding hydrogens is 204 g/mol. The van der Waals surface area contributed by atoms with Gasteiger partial charge in [0.1, 0.15) is 6.61 Å². The van der Waals surface area contributed by atoms with Crippen molar-refractivity contribution in [1.29, 1.82) is 0 Å². The van der Waals surface area contributed by atoms with E-state index in [4.69, 9.17) is 16.2 Å². The lowest BCUT2D eigenvalue weighted by molar-refractivity contribution is -0.125. The Labute approximate surface area is 94.6 Å². The first-order chi connectivity index (χ1) is 7.68. The normalized spacial score (nSPS) is 23.8. The van der Waals surface area contributed by atoms with E-state index in [2.05, 4.69) is 6.07 Å². The Balaban J connectivity index is 2.09. The summed E-state index contributed by atoms with van der Waals surface area (Å²) in [7, 11) is 0. The van der Waals surface area contributed by atoms with Crippen molar-refractivity contribution in [2.45, 2.75) is 25.0 Å². The van der Waals surface area contributed by atoms with Gasteiger partial charge in [0.05, 0.1) is 12.1 Å². The number of ether oxygens (including phenoxy) is 1. The molecule has 0 saturated heterocycles. The largest absolute Gasteiger partial charge is 0.368 e. The number of hydrogen-bond donors (Lipinski definition) is 2. The van der Waals surface area contributed by atoms with Crippen LogP contribution in [0.25, 0.3) is 0 Å². The van der Waals surface area contributed by atoms with Gasteiger partial charge >= 0.3 is 0 Å². The lowest BCUT2D eigenvalue weighted by Gasteiger charge is -2.30. The third-order valence-electron chi connectivity index (χ3n) is 2.95. The molecule has 4 N–H and O–H groups in total. The van der Waals surface area contributed by atoms with E-state index in [9.17, 15) is 4.79 Å². The van der Waals surface area contributed by atoms with Crippen molar-refractivity contribution in [3.8, 4) is 0 Å². The molecular formula is C12H16N2O2. The summed E-state index contributed by atoms with van der Waals surface area (Å²) in [4.78, 5) is 10.7. The Morgan fingerprint density at radius 2 is 2.19 bits per heavy atom. The summed E-state index contributed by atoms with van der Waals surface area (Å²) < 4.78 is 5.41. The van der Waals surface area contributed by atoms with Crippen LogP contribution in [0.4, 0.5) is 0 Å². The van der Waals surface area contributed by atoms with Crippen molar-refractivity contribution in [3.05, 3.63) is 35.4 Å². The molecule has 0 aliphatic heterocycles. The van der Waals surface area contributed by atoms with Crippen LogP contribution in [0.15, 0.2) is 24.3 Å².